The highest BCUT2D eigenvalue weighted by Gasteiger charge is 2.06. The molecule has 0 saturated heterocycles. The summed E-state index contributed by atoms with van der Waals surface area (Å²) in [7, 11) is -3.15. The van der Waals surface area contributed by atoms with Crippen LogP contribution < -0.4 is 10.5 Å². The molecule has 0 heterocycles. The number of rotatable bonds is 4. The van der Waals surface area contributed by atoms with Crippen LogP contribution in [0.15, 0.2) is 53.4 Å². The van der Waals surface area contributed by atoms with Crippen molar-refractivity contribution in [3.8, 4) is 5.75 Å². The lowest BCUT2D eigenvalue weighted by molar-refractivity contribution is 0.306. The van der Waals surface area contributed by atoms with Gasteiger partial charge in [-0.2, -0.15) is 0 Å². The summed E-state index contributed by atoms with van der Waals surface area (Å²) in [6.45, 7) is 0.383. The summed E-state index contributed by atoms with van der Waals surface area (Å²) in [5, 5.41) is 0. The number of anilines is 1. The van der Waals surface area contributed by atoms with E-state index in [-0.39, 0.29) is 0 Å². The Morgan fingerprint density at radius 1 is 1.00 bits per heavy atom. The Hall–Kier alpha value is -2.01. The maximum atomic E-state index is 11.3. The average molecular weight is 277 g/mol. The van der Waals surface area contributed by atoms with Gasteiger partial charge >= 0.3 is 0 Å². The smallest absolute Gasteiger partial charge is 0.175 e. The quantitative estimate of drug-likeness (QED) is 0.870. The molecule has 100 valence electrons. The maximum absolute atomic E-state index is 11.3. The van der Waals surface area contributed by atoms with Crippen molar-refractivity contribution in [2.24, 2.45) is 0 Å². The van der Waals surface area contributed by atoms with Crippen LogP contribution in [-0.2, 0) is 16.4 Å². The van der Waals surface area contributed by atoms with Crippen LogP contribution in [-0.4, -0.2) is 14.7 Å². The molecule has 2 N–H and O–H groups in total. The molecule has 2 rings (SSSR count). The molecule has 0 aromatic heterocycles. The molecule has 0 aliphatic carbocycles. The third-order valence-corrected chi connectivity index (χ3v) is 3.77. The van der Waals surface area contributed by atoms with Gasteiger partial charge in [-0.3, -0.25) is 0 Å². The van der Waals surface area contributed by atoms with Gasteiger partial charge in [-0.15, -0.1) is 0 Å². The van der Waals surface area contributed by atoms with Gasteiger partial charge in [-0.25, -0.2) is 8.42 Å². The highest BCUT2D eigenvalue weighted by Crippen LogP contribution is 2.16. The molecule has 0 aliphatic rings. The SMILES string of the molecule is CS(=O)(=O)c1ccc(COc2ccc(N)cc2)cc1. The molecule has 19 heavy (non-hydrogen) atoms. The maximum Gasteiger partial charge on any atom is 0.175 e. The highest BCUT2D eigenvalue weighted by atomic mass is 32.2. The molecule has 0 spiro atoms. The van der Waals surface area contributed by atoms with Crippen molar-refractivity contribution in [3.05, 3.63) is 54.1 Å². The lowest BCUT2D eigenvalue weighted by atomic mass is 10.2. The molecule has 5 heteroatoms. The van der Waals surface area contributed by atoms with Crippen molar-refractivity contribution in [1.82, 2.24) is 0 Å². The summed E-state index contributed by atoms with van der Waals surface area (Å²) in [5.74, 6) is 0.724. The summed E-state index contributed by atoms with van der Waals surface area (Å²) in [6.07, 6.45) is 1.19. The van der Waals surface area contributed by atoms with Gasteiger partial charge in [0, 0.05) is 11.9 Å². The molecule has 2 aromatic carbocycles. The number of sulfone groups is 1. The first kappa shape index (κ1) is 13.4. The van der Waals surface area contributed by atoms with E-state index in [1.807, 2.05) is 0 Å². The molecule has 0 amide bonds. The van der Waals surface area contributed by atoms with Crippen LogP contribution in [0.3, 0.4) is 0 Å². The van der Waals surface area contributed by atoms with E-state index in [2.05, 4.69) is 0 Å². The van der Waals surface area contributed by atoms with Gasteiger partial charge in [0.25, 0.3) is 0 Å². The van der Waals surface area contributed by atoms with Crippen molar-refractivity contribution in [1.29, 1.82) is 0 Å². The van der Waals surface area contributed by atoms with Crippen LogP contribution in [0.4, 0.5) is 5.69 Å². The standard InChI is InChI=1S/C14H15NO3S/c1-19(16,17)14-8-2-11(3-9-14)10-18-13-6-4-12(15)5-7-13/h2-9H,10,15H2,1H3. The van der Waals surface area contributed by atoms with Gasteiger partial charge in [0.1, 0.15) is 12.4 Å². The Morgan fingerprint density at radius 2 is 1.58 bits per heavy atom. The van der Waals surface area contributed by atoms with Crippen molar-refractivity contribution in [2.45, 2.75) is 11.5 Å². The second-order valence-corrected chi connectivity index (χ2v) is 6.29. The number of hydrogen-bond acceptors (Lipinski definition) is 4. The van der Waals surface area contributed by atoms with Crippen molar-refractivity contribution < 1.29 is 13.2 Å². The molecule has 4 nitrogen and oxygen atoms in total. The Morgan fingerprint density at radius 3 is 2.11 bits per heavy atom. The summed E-state index contributed by atoms with van der Waals surface area (Å²) < 4.78 is 28.2. The zero-order valence-electron chi connectivity index (χ0n) is 10.5. The molecule has 0 unspecified atom stereocenters. The largest absolute Gasteiger partial charge is 0.489 e. The minimum absolute atomic E-state index is 0.309. The molecule has 0 radical (unpaired) electrons. The lowest BCUT2D eigenvalue weighted by Crippen LogP contribution is -1.99. The van der Waals surface area contributed by atoms with Crippen LogP contribution in [0.2, 0.25) is 0 Å². The van der Waals surface area contributed by atoms with Crippen LogP contribution >= 0.6 is 0 Å². The van der Waals surface area contributed by atoms with Crippen LogP contribution in [0.1, 0.15) is 5.56 Å². The first-order valence-electron chi connectivity index (χ1n) is 5.72. The van der Waals surface area contributed by atoms with E-state index >= 15 is 0 Å². The number of nitrogens with two attached hydrogens (primary N) is 1. The molecular weight excluding hydrogens is 262 g/mol. The predicted octanol–water partition coefficient (Wildman–Crippen LogP) is 2.25. The number of nitrogen functional groups attached to an aromatic ring is 1. The first-order chi connectivity index (χ1) is 8.95. The molecule has 2 aromatic rings. The Kier molecular flexibility index (Phi) is 3.76. The molecule has 0 aliphatic heterocycles. The number of benzene rings is 2. The van der Waals surface area contributed by atoms with Crippen LogP contribution in [0, 0.1) is 0 Å². The first-order valence-corrected chi connectivity index (χ1v) is 7.61. The summed E-state index contributed by atoms with van der Waals surface area (Å²) >= 11 is 0. The third-order valence-electron chi connectivity index (χ3n) is 2.64. The summed E-state index contributed by atoms with van der Waals surface area (Å²) in [4.78, 5) is 0.309. The van der Waals surface area contributed by atoms with Crippen LogP contribution in [0.25, 0.3) is 0 Å². The third kappa shape index (κ3) is 3.72. The van der Waals surface area contributed by atoms with E-state index in [1.54, 1.807) is 48.5 Å². The molecular formula is C14H15NO3S. The highest BCUT2D eigenvalue weighted by molar-refractivity contribution is 7.90. The van der Waals surface area contributed by atoms with Gasteiger partial charge in [0.05, 0.1) is 4.90 Å². The molecule has 0 fully saturated rings. The van der Waals surface area contributed by atoms with Crippen LogP contribution in [0.5, 0.6) is 5.75 Å². The van der Waals surface area contributed by atoms with E-state index in [0.717, 1.165) is 11.3 Å². The van der Waals surface area contributed by atoms with Gasteiger partial charge in [0.2, 0.25) is 0 Å². The van der Waals surface area contributed by atoms with E-state index in [0.29, 0.717) is 17.2 Å². The summed E-state index contributed by atoms with van der Waals surface area (Å²) in [6, 6.07) is 13.8. The van der Waals surface area contributed by atoms with Gasteiger partial charge in [-0.05, 0) is 42.0 Å². The fraction of sp³-hybridized carbons (Fsp3) is 0.143. The minimum atomic E-state index is -3.15. The molecule has 0 atom stereocenters. The Bertz CT molecular complexity index is 646. The van der Waals surface area contributed by atoms with Crippen molar-refractivity contribution >= 4 is 15.5 Å². The van der Waals surface area contributed by atoms with Crippen molar-refractivity contribution in [3.63, 3.8) is 0 Å². The zero-order chi connectivity index (χ0) is 13.9. The number of hydrogen-bond donors (Lipinski definition) is 1. The van der Waals surface area contributed by atoms with E-state index < -0.39 is 9.84 Å². The summed E-state index contributed by atoms with van der Waals surface area (Å²) in [5.41, 5.74) is 7.17. The minimum Gasteiger partial charge on any atom is -0.489 e. The number of ether oxygens (including phenoxy) is 1. The fourth-order valence-electron chi connectivity index (χ4n) is 1.56. The molecule has 0 bridgehead atoms. The Balaban J connectivity index is 2.02. The lowest BCUT2D eigenvalue weighted by Gasteiger charge is -2.07. The van der Waals surface area contributed by atoms with Gasteiger partial charge in [-0.1, -0.05) is 12.1 Å². The average Bonchev–Trinajstić information content (AvgIpc) is 2.37. The normalized spacial score (nSPS) is 11.2. The van der Waals surface area contributed by atoms with Gasteiger partial charge in [0.15, 0.2) is 9.84 Å². The zero-order valence-corrected chi connectivity index (χ0v) is 11.4. The fourth-order valence-corrected chi connectivity index (χ4v) is 2.19. The molecule has 0 saturated carbocycles. The second kappa shape index (κ2) is 5.32. The van der Waals surface area contributed by atoms with Gasteiger partial charge < -0.3 is 10.5 Å². The van der Waals surface area contributed by atoms with Crippen molar-refractivity contribution in [2.75, 3.05) is 12.0 Å². The van der Waals surface area contributed by atoms with E-state index in [9.17, 15) is 8.42 Å². The monoisotopic (exact) mass is 277 g/mol. The second-order valence-electron chi connectivity index (χ2n) is 4.27. The predicted molar refractivity (Wildman–Crippen MR) is 74.7 cm³/mol. The topological polar surface area (TPSA) is 69.4 Å². The Labute approximate surface area is 112 Å². The van der Waals surface area contributed by atoms with E-state index in [1.165, 1.54) is 6.26 Å². The van der Waals surface area contributed by atoms with E-state index in [4.69, 9.17) is 10.5 Å².